The Labute approximate surface area is 89.9 Å². The Morgan fingerprint density at radius 1 is 1.33 bits per heavy atom. The Morgan fingerprint density at radius 3 is 2.80 bits per heavy atom. The number of carboxylic acid groups (broad SMARTS) is 1. The van der Waals surface area contributed by atoms with Gasteiger partial charge in [0, 0.05) is 6.04 Å². The van der Waals surface area contributed by atoms with Gasteiger partial charge in [0.15, 0.2) is 0 Å². The molecule has 2 aliphatic heterocycles. The molecule has 15 heavy (non-hydrogen) atoms. The first-order valence-corrected chi connectivity index (χ1v) is 5.80. The highest BCUT2D eigenvalue weighted by molar-refractivity contribution is 5.68. The Balaban J connectivity index is 2.11. The van der Waals surface area contributed by atoms with Crippen LogP contribution in [0.5, 0.6) is 0 Å². The summed E-state index contributed by atoms with van der Waals surface area (Å²) in [6.07, 6.45) is 4.70. The monoisotopic (exact) mass is 213 g/mol. The maximum absolute atomic E-state index is 10.8. The molecule has 2 heterocycles. The van der Waals surface area contributed by atoms with Crippen LogP contribution in [0.15, 0.2) is 0 Å². The molecule has 4 heteroatoms. The van der Waals surface area contributed by atoms with Crippen molar-refractivity contribution >= 4 is 5.97 Å². The summed E-state index contributed by atoms with van der Waals surface area (Å²) in [7, 11) is 0. The van der Waals surface area contributed by atoms with E-state index in [1.165, 1.54) is 6.42 Å². The molecule has 0 saturated carbocycles. The van der Waals surface area contributed by atoms with Crippen molar-refractivity contribution in [1.82, 2.24) is 4.90 Å². The number of piperidine rings is 2. The third-order valence-corrected chi connectivity index (χ3v) is 3.75. The van der Waals surface area contributed by atoms with E-state index in [1.807, 2.05) is 0 Å². The van der Waals surface area contributed by atoms with Gasteiger partial charge in [0.25, 0.3) is 0 Å². The molecule has 2 atom stereocenters. The highest BCUT2D eigenvalue weighted by Crippen LogP contribution is 2.36. The number of aliphatic hydroxyl groups is 1. The maximum atomic E-state index is 10.8. The summed E-state index contributed by atoms with van der Waals surface area (Å²) in [5.41, 5.74) is -0.982. The molecule has 2 rings (SSSR count). The van der Waals surface area contributed by atoms with Crippen LogP contribution in [0.3, 0.4) is 0 Å². The van der Waals surface area contributed by atoms with Crippen molar-refractivity contribution in [3.8, 4) is 0 Å². The first-order valence-electron chi connectivity index (χ1n) is 5.80. The lowest BCUT2D eigenvalue weighted by molar-refractivity contribution is -0.151. The van der Waals surface area contributed by atoms with E-state index in [-0.39, 0.29) is 12.5 Å². The molecule has 0 bridgehead atoms. The minimum Gasteiger partial charge on any atom is -0.481 e. The predicted octanol–water partition coefficient (Wildman–Crippen LogP) is 0.840. The van der Waals surface area contributed by atoms with Gasteiger partial charge in [0.2, 0.25) is 0 Å². The summed E-state index contributed by atoms with van der Waals surface area (Å²) in [4.78, 5) is 13.0. The average Bonchev–Trinajstić information content (AvgIpc) is 2.17. The minimum atomic E-state index is -0.982. The zero-order valence-corrected chi connectivity index (χ0v) is 8.98. The first-order chi connectivity index (χ1) is 7.12. The van der Waals surface area contributed by atoms with E-state index in [4.69, 9.17) is 5.11 Å². The molecule has 2 fully saturated rings. The molecular weight excluding hydrogens is 194 g/mol. The lowest BCUT2D eigenvalue weighted by atomic mass is 9.77. The standard InChI is InChI=1S/C11H19NO3/c13-10(14)8-11(15)5-3-7-12-6-2-1-4-9(11)12/h9,15H,1-8H2,(H,13,14). The molecule has 0 amide bonds. The van der Waals surface area contributed by atoms with E-state index in [9.17, 15) is 9.90 Å². The summed E-state index contributed by atoms with van der Waals surface area (Å²) < 4.78 is 0. The van der Waals surface area contributed by atoms with Crippen molar-refractivity contribution in [2.45, 2.75) is 50.2 Å². The van der Waals surface area contributed by atoms with Crippen molar-refractivity contribution < 1.29 is 15.0 Å². The largest absolute Gasteiger partial charge is 0.481 e. The number of carbonyl (C=O) groups is 1. The van der Waals surface area contributed by atoms with E-state index >= 15 is 0 Å². The van der Waals surface area contributed by atoms with Gasteiger partial charge >= 0.3 is 5.97 Å². The van der Waals surface area contributed by atoms with Gasteiger partial charge < -0.3 is 10.2 Å². The van der Waals surface area contributed by atoms with Gasteiger partial charge in [0.05, 0.1) is 12.0 Å². The molecule has 2 aliphatic rings. The molecule has 4 nitrogen and oxygen atoms in total. The molecule has 0 aromatic rings. The number of aliphatic carboxylic acids is 1. The fourth-order valence-corrected chi connectivity index (χ4v) is 3.09. The van der Waals surface area contributed by atoms with Crippen molar-refractivity contribution in [3.63, 3.8) is 0 Å². The van der Waals surface area contributed by atoms with Crippen molar-refractivity contribution in [2.24, 2.45) is 0 Å². The van der Waals surface area contributed by atoms with Gasteiger partial charge in [-0.05, 0) is 38.8 Å². The fraction of sp³-hybridized carbons (Fsp3) is 0.909. The van der Waals surface area contributed by atoms with Gasteiger partial charge in [-0.3, -0.25) is 9.69 Å². The molecule has 0 spiro atoms. The van der Waals surface area contributed by atoms with Gasteiger partial charge in [0.1, 0.15) is 0 Å². The molecule has 2 unspecified atom stereocenters. The molecule has 0 aromatic carbocycles. The second-order valence-corrected chi connectivity index (χ2v) is 4.83. The number of rotatable bonds is 2. The van der Waals surface area contributed by atoms with E-state index in [1.54, 1.807) is 0 Å². The molecule has 0 aromatic heterocycles. The van der Waals surface area contributed by atoms with E-state index in [0.717, 1.165) is 32.4 Å². The zero-order chi connectivity index (χ0) is 10.9. The van der Waals surface area contributed by atoms with Crippen molar-refractivity contribution in [3.05, 3.63) is 0 Å². The summed E-state index contributed by atoms with van der Waals surface area (Å²) in [5.74, 6) is -0.884. The van der Waals surface area contributed by atoms with Gasteiger partial charge in [-0.2, -0.15) is 0 Å². The molecule has 2 saturated heterocycles. The molecule has 86 valence electrons. The lowest BCUT2D eigenvalue weighted by Crippen LogP contribution is -2.59. The quantitative estimate of drug-likeness (QED) is 0.713. The summed E-state index contributed by atoms with van der Waals surface area (Å²) in [6, 6.07) is 0.0797. The Bertz CT molecular complexity index is 254. The molecule has 2 N–H and O–H groups in total. The van der Waals surface area contributed by atoms with Crippen LogP contribution in [0.25, 0.3) is 0 Å². The molecule has 0 radical (unpaired) electrons. The fourth-order valence-electron chi connectivity index (χ4n) is 3.09. The smallest absolute Gasteiger partial charge is 0.306 e. The van der Waals surface area contributed by atoms with Crippen molar-refractivity contribution in [2.75, 3.05) is 13.1 Å². The third kappa shape index (κ3) is 2.16. The van der Waals surface area contributed by atoms with Crippen LogP contribution in [-0.4, -0.2) is 45.8 Å². The zero-order valence-electron chi connectivity index (χ0n) is 8.98. The average molecular weight is 213 g/mol. The van der Waals surface area contributed by atoms with E-state index in [0.29, 0.717) is 6.42 Å². The van der Waals surface area contributed by atoms with Crippen LogP contribution in [-0.2, 0) is 4.79 Å². The van der Waals surface area contributed by atoms with Crippen LogP contribution in [0.4, 0.5) is 0 Å². The van der Waals surface area contributed by atoms with E-state index < -0.39 is 11.6 Å². The highest BCUT2D eigenvalue weighted by Gasteiger charge is 2.45. The second-order valence-electron chi connectivity index (χ2n) is 4.83. The summed E-state index contributed by atoms with van der Waals surface area (Å²) in [6.45, 7) is 2.04. The van der Waals surface area contributed by atoms with Crippen LogP contribution in [0.1, 0.15) is 38.5 Å². The number of carboxylic acids is 1. The van der Waals surface area contributed by atoms with E-state index in [2.05, 4.69) is 4.90 Å². The SMILES string of the molecule is O=C(O)CC1(O)CCCN2CCCCC21. The van der Waals surface area contributed by atoms with Gasteiger partial charge in [-0.15, -0.1) is 0 Å². The minimum absolute atomic E-state index is 0.0797. The Morgan fingerprint density at radius 2 is 2.07 bits per heavy atom. The number of hydrogen-bond donors (Lipinski definition) is 2. The van der Waals surface area contributed by atoms with Crippen LogP contribution < -0.4 is 0 Å². The van der Waals surface area contributed by atoms with Crippen molar-refractivity contribution in [1.29, 1.82) is 0 Å². The topological polar surface area (TPSA) is 60.8 Å². The molecule has 0 aliphatic carbocycles. The third-order valence-electron chi connectivity index (χ3n) is 3.75. The number of hydrogen-bond acceptors (Lipinski definition) is 3. The lowest BCUT2D eigenvalue weighted by Gasteiger charge is -2.48. The van der Waals surface area contributed by atoms with Gasteiger partial charge in [-0.25, -0.2) is 0 Å². The Kier molecular flexibility index (Phi) is 2.98. The normalized spacial score (nSPS) is 37.3. The Hall–Kier alpha value is -0.610. The maximum Gasteiger partial charge on any atom is 0.306 e. The molecular formula is C11H19NO3. The van der Waals surface area contributed by atoms with Crippen LogP contribution in [0.2, 0.25) is 0 Å². The predicted molar refractivity (Wildman–Crippen MR) is 55.6 cm³/mol. The summed E-state index contributed by atoms with van der Waals surface area (Å²) >= 11 is 0. The summed E-state index contributed by atoms with van der Waals surface area (Å²) in [5, 5.41) is 19.3. The van der Waals surface area contributed by atoms with Crippen LogP contribution >= 0.6 is 0 Å². The van der Waals surface area contributed by atoms with Gasteiger partial charge in [-0.1, -0.05) is 6.42 Å². The number of fused-ring (bicyclic) bond motifs is 1. The van der Waals surface area contributed by atoms with Crippen LogP contribution in [0, 0.1) is 0 Å². The first kappa shape index (κ1) is 10.9. The second kappa shape index (κ2) is 4.10. The highest BCUT2D eigenvalue weighted by atomic mass is 16.4. The number of nitrogens with zero attached hydrogens (tertiary/aromatic N) is 1.